The first-order valence-electron chi connectivity index (χ1n) is 10.2. The summed E-state index contributed by atoms with van der Waals surface area (Å²) in [5, 5.41) is 5.13. The highest BCUT2D eigenvalue weighted by Crippen LogP contribution is 2.33. The van der Waals surface area contributed by atoms with Gasteiger partial charge in [0, 0.05) is 50.3 Å². The highest BCUT2D eigenvalue weighted by molar-refractivity contribution is 7.89. The summed E-state index contributed by atoms with van der Waals surface area (Å²) >= 11 is 0. The Kier molecular flexibility index (Phi) is 4.78. The summed E-state index contributed by atoms with van der Waals surface area (Å²) in [4.78, 5) is 2.82. The molecular formula is C23H25N3O2S. The van der Waals surface area contributed by atoms with Crippen molar-refractivity contribution in [2.45, 2.75) is 17.9 Å². The average molecular weight is 408 g/mol. The number of anilines is 1. The van der Waals surface area contributed by atoms with E-state index in [0.717, 1.165) is 48.9 Å². The van der Waals surface area contributed by atoms with Gasteiger partial charge in [-0.05, 0) is 35.1 Å². The minimum Gasteiger partial charge on any atom is -0.369 e. The molecular weight excluding hydrogens is 382 g/mol. The molecule has 5 nitrogen and oxygen atoms in total. The predicted octanol–water partition coefficient (Wildman–Crippen LogP) is 3.00. The molecule has 1 fully saturated rings. The van der Waals surface area contributed by atoms with Gasteiger partial charge in [0.1, 0.15) is 0 Å². The van der Waals surface area contributed by atoms with E-state index in [1.807, 2.05) is 36.4 Å². The lowest BCUT2D eigenvalue weighted by Gasteiger charge is -2.35. The van der Waals surface area contributed by atoms with E-state index >= 15 is 0 Å². The number of benzene rings is 3. The van der Waals surface area contributed by atoms with Crippen molar-refractivity contribution >= 4 is 26.5 Å². The Morgan fingerprint density at radius 3 is 2.45 bits per heavy atom. The summed E-state index contributed by atoms with van der Waals surface area (Å²) in [5.41, 5.74) is 3.70. The molecule has 0 bridgehead atoms. The predicted molar refractivity (Wildman–Crippen MR) is 117 cm³/mol. The lowest BCUT2D eigenvalue weighted by atomic mass is 9.98. The van der Waals surface area contributed by atoms with E-state index in [-0.39, 0.29) is 0 Å². The maximum Gasteiger partial charge on any atom is 0.244 e. The van der Waals surface area contributed by atoms with Crippen LogP contribution in [-0.2, 0) is 23.0 Å². The molecule has 2 heterocycles. The average Bonchev–Trinajstić information content (AvgIpc) is 2.78. The number of sulfonamides is 1. The molecule has 2 aliphatic rings. The molecule has 0 amide bonds. The smallest absolute Gasteiger partial charge is 0.244 e. The monoisotopic (exact) mass is 407 g/mol. The highest BCUT2D eigenvalue weighted by Gasteiger charge is 2.31. The van der Waals surface area contributed by atoms with Gasteiger partial charge in [-0.25, -0.2) is 8.42 Å². The van der Waals surface area contributed by atoms with E-state index < -0.39 is 10.0 Å². The number of hydrogen-bond donors (Lipinski definition) is 1. The fourth-order valence-corrected chi connectivity index (χ4v) is 6.16. The molecule has 5 rings (SSSR count). The Morgan fingerprint density at radius 2 is 1.59 bits per heavy atom. The second kappa shape index (κ2) is 7.44. The van der Waals surface area contributed by atoms with Crippen LogP contribution in [0.4, 0.5) is 5.69 Å². The second-order valence-electron chi connectivity index (χ2n) is 7.72. The number of nitrogens with zero attached hydrogens (tertiary/aromatic N) is 2. The standard InChI is InChI=1S/C23H25N3O2S/c27-29(28,23-10-4-6-18-5-1-2-8-21(18)23)26-14-11-20-19(17-26)7-3-9-22(20)25-15-12-24-13-16-25/h1-10,24H,11-17H2. The van der Waals surface area contributed by atoms with Crippen LogP contribution in [0, 0.1) is 0 Å². The Morgan fingerprint density at radius 1 is 0.828 bits per heavy atom. The molecule has 0 spiro atoms. The van der Waals surface area contributed by atoms with Crippen molar-refractivity contribution in [3.05, 3.63) is 71.8 Å². The normalized spacial score (nSPS) is 18.0. The van der Waals surface area contributed by atoms with Crippen LogP contribution < -0.4 is 10.2 Å². The van der Waals surface area contributed by atoms with Crippen LogP contribution in [-0.4, -0.2) is 45.4 Å². The lowest BCUT2D eigenvalue weighted by molar-refractivity contribution is 0.391. The Labute approximate surface area is 172 Å². The van der Waals surface area contributed by atoms with Gasteiger partial charge < -0.3 is 10.2 Å². The zero-order valence-corrected chi connectivity index (χ0v) is 17.2. The van der Waals surface area contributed by atoms with Crippen LogP contribution in [0.15, 0.2) is 65.6 Å². The molecule has 0 saturated carbocycles. The van der Waals surface area contributed by atoms with Crippen molar-refractivity contribution < 1.29 is 8.42 Å². The summed E-state index contributed by atoms with van der Waals surface area (Å²) < 4.78 is 28.6. The third-order valence-electron chi connectivity index (χ3n) is 6.03. The van der Waals surface area contributed by atoms with Gasteiger partial charge in [0.2, 0.25) is 10.0 Å². The topological polar surface area (TPSA) is 52.7 Å². The lowest BCUT2D eigenvalue weighted by Crippen LogP contribution is -2.44. The van der Waals surface area contributed by atoms with Crippen LogP contribution in [0.25, 0.3) is 10.8 Å². The molecule has 0 atom stereocenters. The minimum absolute atomic E-state index is 0.400. The second-order valence-corrected chi connectivity index (χ2v) is 9.62. The number of nitrogens with one attached hydrogen (secondary N) is 1. The van der Waals surface area contributed by atoms with Gasteiger partial charge in [0.05, 0.1) is 4.90 Å². The number of hydrogen-bond acceptors (Lipinski definition) is 4. The van der Waals surface area contributed by atoms with Crippen molar-refractivity contribution in [1.82, 2.24) is 9.62 Å². The van der Waals surface area contributed by atoms with E-state index in [0.29, 0.717) is 18.0 Å². The Bertz CT molecular complexity index is 1150. The van der Waals surface area contributed by atoms with Crippen molar-refractivity contribution in [3.8, 4) is 0 Å². The van der Waals surface area contributed by atoms with Crippen LogP contribution in [0.3, 0.4) is 0 Å². The number of piperazine rings is 1. The van der Waals surface area contributed by atoms with E-state index in [2.05, 4.69) is 28.4 Å². The van der Waals surface area contributed by atoms with E-state index in [9.17, 15) is 8.42 Å². The summed E-state index contributed by atoms with van der Waals surface area (Å²) in [5.74, 6) is 0. The van der Waals surface area contributed by atoms with E-state index in [1.165, 1.54) is 11.3 Å². The van der Waals surface area contributed by atoms with Crippen LogP contribution in [0.5, 0.6) is 0 Å². The molecule has 2 aliphatic heterocycles. The van der Waals surface area contributed by atoms with Gasteiger partial charge in [-0.1, -0.05) is 48.5 Å². The fourth-order valence-electron chi connectivity index (χ4n) is 4.53. The molecule has 1 N–H and O–H groups in total. The maximum atomic E-state index is 13.5. The molecule has 29 heavy (non-hydrogen) atoms. The molecule has 150 valence electrons. The molecule has 0 aliphatic carbocycles. The van der Waals surface area contributed by atoms with Crippen molar-refractivity contribution in [3.63, 3.8) is 0 Å². The highest BCUT2D eigenvalue weighted by atomic mass is 32.2. The summed E-state index contributed by atoms with van der Waals surface area (Å²) in [7, 11) is -3.56. The Balaban J connectivity index is 1.49. The van der Waals surface area contributed by atoms with Gasteiger partial charge in [-0.15, -0.1) is 0 Å². The quantitative estimate of drug-likeness (QED) is 0.725. The van der Waals surface area contributed by atoms with Crippen molar-refractivity contribution in [2.24, 2.45) is 0 Å². The summed E-state index contributed by atoms with van der Waals surface area (Å²) in [6.07, 6.45) is 0.749. The maximum absolute atomic E-state index is 13.5. The minimum atomic E-state index is -3.56. The molecule has 0 unspecified atom stereocenters. The number of rotatable bonds is 3. The Hall–Kier alpha value is -2.41. The van der Waals surface area contributed by atoms with Gasteiger partial charge in [0.25, 0.3) is 0 Å². The van der Waals surface area contributed by atoms with Gasteiger partial charge in [-0.3, -0.25) is 0 Å². The third-order valence-corrected chi connectivity index (χ3v) is 7.93. The zero-order valence-electron chi connectivity index (χ0n) is 16.3. The molecule has 3 aromatic carbocycles. The van der Waals surface area contributed by atoms with Crippen molar-refractivity contribution in [1.29, 1.82) is 0 Å². The van der Waals surface area contributed by atoms with E-state index in [4.69, 9.17) is 0 Å². The number of fused-ring (bicyclic) bond motifs is 2. The largest absolute Gasteiger partial charge is 0.369 e. The van der Waals surface area contributed by atoms with Crippen LogP contribution in [0.2, 0.25) is 0 Å². The van der Waals surface area contributed by atoms with Gasteiger partial charge in [-0.2, -0.15) is 4.31 Å². The van der Waals surface area contributed by atoms with Gasteiger partial charge in [0.15, 0.2) is 0 Å². The van der Waals surface area contributed by atoms with Crippen LogP contribution in [0.1, 0.15) is 11.1 Å². The SMILES string of the molecule is O=S(=O)(c1cccc2ccccc12)N1CCc2c(cccc2N2CCNCC2)C1. The molecule has 0 radical (unpaired) electrons. The first-order valence-corrected chi connectivity index (χ1v) is 11.6. The summed E-state index contributed by atoms with van der Waals surface area (Å²) in [6, 6.07) is 19.5. The molecule has 0 aromatic heterocycles. The first-order chi connectivity index (χ1) is 14.1. The zero-order chi connectivity index (χ0) is 19.8. The van der Waals surface area contributed by atoms with Crippen LogP contribution >= 0.6 is 0 Å². The first kappa shape index (κ1) is 18.6. The van der Waals surface area contributed by atoms with Gasteiger partial charge >= 0.3 is 0 Å². The molecule has 3 aromatic rings. The molecule has 6 heteroatoms. The van der Waals surface area contributed by atoms with Crippen molar-refractivity contribution in [2.75, 3.05) is 37.6 Å². The van der Waals surface area contributed by atoms with E-state index in [1.54, 1.807) is 10.4 Å². The fraction of sp³-hybridized carbons (Fsp3) is 0.304. The third kappa shape index (κ3) is 3.31. The summed E-state index contributed by atoms with van der Waals surface area (Å²) in [6.45, 7) is 4.92. The molecule has 1 saturated heterocycles.